The Bertz CT molecular complexity index is 1180. The van der Waals surface area contributed by atoms with E-state index in [1.165, 1.54) is 4.90 Å². The summed E-state index contributed by atoms with van der Waals surface area (Å²) in [6.07, 6.45) is 0. The Balaban J connectivity index is 1.81. The molecule has 156 valence electrons. The van der Waals surface area contributed by atoms with Gasteiger partial charge in [-0.25, -0.2) is 4.90 Å². The summed E-state index contributed by atoms with van der Waals surface area (Å²) in [5, 5.41) is 3.23. The maximum atomic E-state index is 13.5. The fraction of sp³-hybridized carbons (Fsp3) is 0.154. The van der Waals surface area contributed by atoms with E-state index in [0.29, 0.717) is 17.0 Å². The summed E-state index contributed by atoms with van der Waals surface area (Å²) in [6, 6.07) is 22.7. The number of aryl methyl sites for hydroxylation is 2. The van der Waals surface area contributed by atoms with Crippen LogP contribution in [0.4, 0.5) is 17.1 Å². The molecule has 1 heterocycles. The second kappa shape index (κ2) is 8.11. The number of anilines is 3. The van der Waals surface area contributed by atoms with Crippen molar-refractivity contribution in [3.8, 4) is 0 Å². The average Bonchev–Trinajstić information content (AvgIpc) is 2.99. The Labute approximate surface area is 182 Å². The summed E-state index contributed by atoms with van der Waals surface area (Å²) >= 11 is 0. The van der Waals surface area contributed by atoms with Gasteiger partial charge < -0.3 is 10.2 Å². The lowest BCUT2D eigenvalue weighted by Crippen LogP contribution is -2.32. The standard InChI is InChI=1S/C26H25N3O2/c1-17-10-15-22(18(2)16-17)23-24(27-19-11-13-20(14-12-19)28(3)4)26(31)29(25(23)30)21-8-6-5-7-9-21/h5-16,27H,1-4H3. The van der Waals surface area contributed by atoms with Crippen LogP contribution >= 0.6 is 0 Å². The Morgan fingerprint density at radius 2 is 1.48 bits per heavy atom. The second-order valence-electron chi connectivity index (χ2n) is 7.92. The van der Waals surface area contributed by atoms with Crippen molar-refractivity contribution in [2.75, 3.05) is 29.2 Å². The lowest BCUT2D eigenvalue weighted by molar-refractivity contribution is -0.120. The van der Waals surface area contributed by atoms with E-state index < -0.39 is 0 Å². The van der Waals surface area contributed by atoms with Crippen molar-refractivity contribution in [3.05, 3.63) is 95.2 Å². The number of imide groups is 1. The molecule has 0 radical (unpaired) electrons. The van der Waals surface area contributed by atoms with Gasteiger partial charge in [-0.05, 0) is 61.4 Å². The molecule has 0 aliphatic carbocycles. The monoisotopic (exact) mass is 411 g/mol. The van der Waals surface area contributed by atoms with Gasteiger partial charge in [-0.1, -0.05) is 42.0 Å². The number of amides is 2. The van der Waals surface area contributed by atoms with Crippen molar-refractivity contribution in [2.24, 2.45) is 0 Å². The molecule has 0 atom stereocenters. The molecule has 0 spiro atoms. The summed E-state index contributed by atoms with van der Waals surface area (Å²) in [4.78, 5) is 30.2. The molecule has 0 bridgehead atoms. The topological polar surface area (TPSA) is 52.7 Å². The quantitative estimate of drug-likeness (QED) is 0.615. The first-order valence-electron chi connectivity index (χ1n) is 10.2. The predicted molar refractivity (Wildman–Crippen MR) is 126 cm³/mol. The molecule has 1 aliphatic heterocycles. The minimum absolute atomic E-state index is 0.290. The van der Waals surface area contributed by atoms with Crippen molar-refractivity contribution in [3.63, 3.8) is 0 Å². The van der Waals surface area contributed by atoms with Crippen LogP contribution in [0.5, 0.6) is 0 Å². The van der Waals surface area contributed by atoms with Crippen LogP contribution in [-0.4, -0.2) is 25.9 Å². The molecule has 1 N–H and O–H groups in total. The van der Waals surface area contributed by atoms with E-state index in [-0.39, 0.29) is 11.8 Å². The highest BCUT2D eigenvalue weighted by Crippen LogP contribution is 2.35. The number of para-hydroxylation sites is 1. The number of hydrogen-bond donors (Lipinski definition) is 1. The zero-order valence-corrected chi connectivity index (χ0v) is 18.1. The van der Waals surface area contributed by atoms with Gasteiger partial charge >= 0.3 is 0 Å². The molecular weight excluding hydrogens is 386 g/mol. The lowest BCUT2D eigenvalue weighted by atomic mass is 9.97. The van der Waals surface area contributed by atoms with E-state index in [4.69, 9.17) is 0 Å². The normalized spacial score (nSPS) is 13.7. The molecule has 31 heavy (non-hydrogen) atoms. The van der Waals surface area contributed by atoms with Crippen molar-refractivity contribution in [1.29, 1.82) is 0 Å². The van der Waals surface area contributed by atoms with Crippen LogP contribution in [0.1, 0.15) is 16.7 Å². The smallest absolute Gasteiger partial charge is 0.282 e. The van der Waals surface area contributed by atoms with Crippen LogP contribution in [0, 0.1) is 13.8 Å². The fourth-order valence-electron chi connectivity index (χ4n) is 3.79. The fourth-order valence-corrected chi connectivity index (χ4v) is 3.79. The first kappa shape index (κ1) is 20.4. The SMILES string of the molecule is Cc1ccc(C2=C(Nc3ccc(N(C)C)cc3)C(=O)N(c3ccccc3)C2=O)c(C)c1. The zero-order valence-electron chi connectivity index (χ0n) is 18.1. The third kappa shape index (κ3) is 3.82. The van der Waals surface area contributed by atoms with Gasteiger partial charge in [0.15, 0.2) is 0 Å². The first-order chi connectivity index (χ1) is 14.9. The van der Waals surface area contributed by atoms with Gasteiger partial charge in [0.05, 0.1) is 11.3 Å². The van der Waals surface area contributed by atoms with E-state index in [1.807, 2.05) is 93.5 Å². The van der Waals surface area contributed by atoms with Gasteiger partial charge in [0, 0.05) is 25.5 Å². The Morgan fingerprint density at radius 1 is 0.806 bits per heavy atom. The van der Waals surface area contributed by atoms with Crippen LogP contribution in [0.3, 0.4) is 0 Å². The van der Waals surface area contributed by atoms with Gasteiger partial charge in [0.2, 0.25) is 0 Å². The Morgan fingerprint density at radius 3 is 2.10 bits per heavy atom. The Hall–Kier alpha value is -3.86. The second-order valence-corrected chi connectivity index (χ2v) is 7.92. The molecule has 0 aromatic heterocycles. The maximum absolute atomic E-state index is 13.5. The molecular formula is C26H25N3O2. The molecule has 0 saturated heterocycles. The van der Waals surface area contributed by atoms with Crippen LogP contribution in [0.15, 0.2) is 78.5 Å². The summed E-state index contributed by atoms with van der Waals surface area (Å²) < 4.78 is 0. The highest BCUT2D eigenvalue weighted by Gasteiger charge is 2.40. The van der Waals surface area contributed by atoms with Crippen LogP contribution in [-0.2, 0) is 9.59 Å². The number of rotatable bonds is 5. The van der Waals surface area contributed by atoms with Crippen LogP contribution < -0.4 is 15.1 Å². The molecule has 5 heteroatoms. The predicted octanol–water partition coefficient (Wildman–Crippen LogP) is 4.77. The van der Waals surface area contributed by atoms with E-state index in [0.717, 1.165) is 28.1 Å². The van der Waals surface area contributed by atoms with Crippen molar-refractivity contribution in [1.82, 2.24) is 0 Å². The average molecular weight is 412 g/mol. The molecule has 4 rings (SSSR count). The zero-order chi connectivity index (χ0) is 22.1. The van der Waals surface area contributed by atoms with Gasteiger partial charge in [0.1, 0.15) is 5.70 Å². The summed E-state index contributed by atoms with van der Waals surface area (Å²) in [6.45, 7) is 3.97. The van der Waals surface area contributed by atoms with Crippen LogP contribution in [0.2, 0.25) is 0 Å². The minimum atomic E-state index is -0.358. The highest BCUT2D eigenvalue weighted by molar-refractivity contribution is 6.46. The molecule has 1 aliphatic rings. The molecule has 3 aromatic rings. The third-order valence-corrected chi connectivity index (χ3v) is 5.40. The van der Waals surface area contributed by atoms with E-state index in [2.05, 4.69) is 5.32 Å². The largest absolute Gasteiger partial charge is 0.378 e. The van der Waals surface area contributed by atoms with Crippen molar-refractivity contribution in [2.45, 2.75) is 13.8 Å². The molecule has 5 nitrogen and oxygen atoms in total. The Kier molecular flexibility index (Phi) is 5.34. The number of carbonyl (C=O) groups is 2. The van der Waals surface area contributed by atoms with Crippen molar-refractivity contribution < 1.29 is 9.59 Å². The minimum Gasteiger partial charge on any atom is -0.378 e. The van der Waals surface area contributed by atoms with Gasteiger partial charge in [-0.15, -0.1) is 0 Å². The number of hydrogen-bond acceptors (Lipinski definition) is 4. The third-order valence-electron chi connectivity index (χ3n) is 5.40. The molecule has 0 fully saturated rings. The maximum Gasteiger partial charge on any atom is 0.282 e. The van der Waals surface area contributed by atoms with E-state index in [1.54, 1.807) is 12.1 Å². The van der Waals surface area contributed by atoms with Crippen LogP contribution in [0.25, 0.3) is 5.57 Å². The number of benzene rings is 3. The first-order valence-corrected chi connectivity index (χ1v) is 10.2. The number of nitrogens with one attached hydrogen (secondary N) is 1. The highest BCUT2D eigenvalue weighted by atomic mass is 16.2. The molecule has 0 unspecified atom stereocenters. The van der Waals surface area contributed by atoms with Gasteiger partial charge in [-0.2, -0.15) is 0 Å². The molecule has 2 amide bonds. The summed E-state index contributed by atoms with van der Waals surface area (Å²) in [5.41, 5.74) is 5.85. The number of nitrogens with zero attached hydrogens (tertiary/aromatic N) is 2. The summed E-state index contributed by atoms with van der Waals surface area (Å²) in [5.74, 6) is -0.682. The van der Waals surface area contributed by atoms with E-state index >= 15 is 0 Å². The molecule has 0 saturated carbocycles. The van der Waals surface area contributed by atoms with Gasteiger partial charge in [0.25, 0.3) is 11.8 Å². The lowest BCUT2D eigenvalue weighted by Gasteiger charge is -2.16. The number of carbonyl (C=O) groups excluding carboxylic acids is 2. The summed E-state index contributed by atoms with van der Waals surface area (Å²) in [7, 11) is 3.94. The molecule has 3 aromatic carbocycles. The van der Waals surface area contributed by atoms with Crippen molar-refractivity contribution >= 4 is 34.4 Å². The van der Waals surface area contributed by atoms with E-state index in [9.17, 15) is 9.59 Å². The van der Waals surface area contributed by atoms with Gasteiger partial charge in [-0.3, -0.25) is 9.59 Å².